The van der Waals surface area contributed by atoms with E-state index in [0.717, 1.165) is 39.4 Å². The molecular formula is C48H45N15O5. The van der Waals surface area contributed by atoms with Gasteiger partial charge in [0.25, 0.3) is 17.7 Å². The van der Waals surface area contributed by atoms with Crippen molar-refractivity contribution < 1.29 is 23.9 Å². The molecule has 3 aromatic heterocycles. The number of ether oxygens (including phenoxy) is 2. The second kappa shape index (κ2) is 22.0. The van der Waals surface area contributed by atoms with Crippen molar-refractivity contribution in [2.24, 2.45) is 0 Å². The second-order valence-electron chi connectivity index (χ2n) is 15.6. The number of hydrogen-bond acceptors (Lipinski definition) is 14. The smallest absolute Gasteiger partial charge is 0.255 e. The van der Waals surface area contributed by atoms with Crippen molar-refractivity contribution in [2.75, 3.05) is 23.1 Å². The average molecular weight is 912 g/mol. The average Bonchev–Trinajstić information content (AvgIpc) is 4.20. The zero-order valence-corrected chi connectivity index (χ0v) is 37.4. The van der Waals surface area contributed by atoms with Crippen molar-refractivity contribution in [3.05, 3.63) is 168 Å². The van der Waals surface area contributed by atoms with Crippen LogP contribution in [0.3, 0.4) is 0 Å². The van der Waals surface area contributed by atoms with Crippen molar-refractivity contribution >= 4 is 34.8 Å². The van der Waals surface area contributed by atoms with E-state index in [1.54, 1.807) is 104 Å². The van der Waals surface area contributed by atoms with Gasteiger partial charge < -0.3 is 25.4 Å². The molecule has 6 aromatic carbocycles. The summed E-state index contributed by atoms with van der Waals surface area (Å²) < 4.78 is 10.8. The Morgan fingerprint density at radius 3 is 1.03 bits per heavy atom. The Bertz CT molecular complexity index is 2980. The number of nitrogens with zero attached hydrogens (tertiary/aromatic N) is 9. The number of rotatable bonds is 11. The molecule has 20 heteroatoms. The summed E-state index contributed by atoms with van der Waals surface area (Å²) in [6.45, 7) is 7.96. The van der Waals surface area contributed by atoms with Crippen LogP contribution in [-0.2, 0) is 0 Å². The molecule has 0 unspecified atom stereocenters. The van der Waals surface area contributed by atoms with Crippen LogP contribution in [0.5, 0.6) is 11.5 Å². The molecule has 0 saturated heterocycles. The minimum atomic E-state index is -0.259. The minimum Gasteiger partial charge on any atom is -0.497 e. The molecule has 0 fully saturated rings. The molecule has 0 atom stereocenters. The molecule has 20 nitrogen and oxygen atoms in total. The number of aromatic nitrogens is 12. The van der Waals surface area contributed by atoms with E-state index in [4.69, 9.17) is 9.47 Å². The third kappa shape index (κ3) is 13.3. The van der Waals surface area contributed by atoms with Gasteiger partial charge in [0.1, 0.15) is 17.1 Å². The number of tetrazole rings is 3. The van der Waals surface area contributed by atoms with Gasteiger partial charge in [-0.15, -0.1) is 30.6 Å². The number of H-pyrrole nitrogens is 3. The van der Waals surface area contributed by atoms with Crippen molar-refractivity contribution in [2.45, 2.75) is 33.3 Å². The normalized spacial score (nSPS) is 10.6. The number of aryl methyl sites for hydroxylation is 1. The van der Waals surface area contributed by atoms with Crippen LogP contribution < -0.4 is 25.4 Å². The van der Waals surface area contributed by atoms with Crippen LogP contribution in [0.15, 0.2) is 146 Å². The first-order valence-corrected chi connectivity index (χ1v) is 20.8. The summed E-state index contributed by atoms with van der Waals surface area (Å²) in [6, 6.07) is 43.1. The lowest BCUT2D eigenvalue weighted by atomic mass is 10.1. The predicted octanol–water partition coefficient (Wildman–Crippen LogP) is 7.85. The molecule has 0 aliphatic heterocycles. The van der Waals surface area contributed by atoms with Crippen LogP contribution in [0.1, 0.15) is 57.4 Å². The number of carbonyl (C=O) groups excluding carboxylic acids is 3. The molecule has 0 radical (unpaired) electrons. The highest BCUT2D eigenvalue weighted by atomic mass is 16.5. The van der Waals surface area contributed by atoms with E-state index in [2.05, 4.69) is 77.8 Å². The molecule has 3 heterocycles. The third-order valence-corrected chi connectivity index (χ3v) is 9.45. The minimum absolute atomic E-state index is 0.154. The van der Waals surface area contributed by atoms with Crippen LogP contribution in [0.4, 0.5) is 17.1 Å². The molecule has 0 aliphatic carbocycles. The van der Waals surface area contributed by atoms with Crippen molar-refractivity contribution in [1.29, 1.82) is 0 Å². The van der Waals surface area contributed by atoms with E-state index in [9.17, 15) is 14.4 Å². The molecule has 68 heavy (non-hydrogen) atoms. The van der Waals surface area contributed by atoms with Crippen LogP contribution in [0, 0.1) is 6.92 Å². The first-order chi connectivity index (χ1) is 32.9. The summed E-state index contributed by atoms with van der Waals surface area (Å²) in [5.74, 6) is 2.44. The number of anilines is 3. The maximum atomic E-state index is 12.3. The zero-order valence-electron chi connectivity index (χ0n) is 37.4. The Morgan fingerprint density at radius 2 is 0.750 bits per heavy atom. The standard InChI is InChI=1S/C18H19N5O2.C15H13N5O2.C15H13N5O/c1-18(2,3)25-15-10-8-14(9-11-15)19-17(24)13-6-4-12(5-7-13)16-20-22-23-21-16;1-22-13-8-6-12(7-9-13)16-15(21)11-4-2-10(3-5-11)14-17-19-20-18-14;1-10-2-8-13(9-3-10)16-15(21)12-6-4-11(5-7-12)14-17-19-20-18-14/h4-11H,1-3H3,(H,19,24)(H,20,21,22,23);2-9H,1H3,(H,16,21)(H,17,18,19,20);2-9H,1H3,(H,16,21)(H,17,18,19,20). The van der Waals surface area contributed by atoms with Gasteiger partial charge in [-0.05, 0) is 140 Å². The van der Waals surface area contributed by atoms with Crippen molar-refractivity contribution in [1.82, 2.24) is 61.9 Å². The predicted molar refractivity (Wildman–Crippen MR) is 254 cm³/mol. The van der Waals surface area contributed by atoms with E-state index in [1.165, 1.54) is 0 Å². The highest BCUT2D eigenvalue weighted by Crippen LogP contribution is 2.23. The van der Waals surface area contributed by atoms with Gasteiger partial charge in [-0.2, -0.15) is 15.6 Å². The third-order valence-electron chi connectivity index (χ3n) is 9.45. The lowest BCUT2D eigenvalue weighted by Gasteiger charge is -2.21. The lowest BCUT2D eigenvalue weighted by molar-refractivity contribution is 0.101. The van der Waals surface area contributed by atoms with Crippen molar-refractivity contribution in [3.63, 3.8) is 0 Å². The maximum Gasteiger partial charge on any atom is 0.255 e. The highest BCUT2D eigenvalue weighted by molar-refractivity contribution is 6.05. The molecule has 3 amide bonds. The van der Waals surface area contributed by atoms with Gasteiger partial charge >= 0.3 is 0 Å². The van der Waals surface area contributed by atoms with Crippen LogP contribution in [0.25, 0.3) is 34.2 Å². The Kier molecular flexibility index (Phi) is 15.0. The summed E-state index contributed by atoms with van der Waals surface area (Å²) in [6.07, 6.45) is 0. The number of aromatic amines is 3. The number of methoxy groups -OCH3 is 1. The van der Waals surface area contributed by atoms with Crippen LogP contribution >= 0.6 is 0 Å². The number of benzene rings is 6. The summed E-state index contributed by atoms with van der Waals surface area (Å²) in [7, 11) is 1.60. The Labute approximate surface area is 389 Å². The molecule has 0 aliphatic rings. The first kappa shape index (κ1) is 46.5. The fraction of sp³-hybridized carbons (Fsp3) is 0.125. The SMILES string of the molecule is CC(C)(C)Oc1ccc(NC(=O)c2ccc(-c3nn[nH]n3)cc2)cc1.COc1ccc(NC(=O)c2ccc(-c3nn[nH]n3)cc2)cc1.Cc1ccc(NC(=O)c2ccc(-c3nn[nH]n3)cc2)cc1. The Hall–Kier alpha value is -9.46. The number of nitrogens with one attached hydrogen (secondary N) is 6. The van der Waals surface area contributed by atoms with Gasteiger partial charge in [0.15, 0.2) is 0 Å². The van der Waals surface area contributed by atoms with Crippen LogP contribution in [-0.4, -0.2) is 92.3 Å². The van der Waals surface area contributed by atoms with E-state index >= 15 is 0 Å². The highest BCUT2D eigenvalue weighted by Gasteiger charge is 2.14. The fourth-order valence-corrected chi connectivity index (χ4v) is 6.05. The van der Waals surface area contributed by atoms with E-state index < -0.39 is 0 Å². The molecule has 0 saturated carbocycles. The van der Waals surface area contributed by atoms with Crippen molar-refractivity contribution in [3.8, 4) is 45.7 Å². The summed E-state index contributed by atoms with van der Waals surface area (Å²) in [5, 5.41) is 49.6. The Morgan fingerprint density at radius 1 is 0.441 bits per heavy atom. The molecule has 0 bridgehead atoms. The van der Waals surface area contributed by atoms with Gasteiger partial charge in [0.2, 0.25) is 17.5 Å². The first-order valence-electron chi connectivity index (χ1n) is 20.8. The maximum absolute atomic E-state index is 12.3. The lowest BCUT2D eigenvalue weighted by Crippen LogP contribution is -2.22. The van der Waals surface area contributed by atoms with Gasteiger partial charge in [-0.3, -0.25) is 14.4 Å². The van der Waals surface area contributed by atoms with Gasteiger partial charge in [-0.1, -0.05) is 54.1 Å². The van der Waals surface area contributed by atoms with Crippen LogP contribution in [0.2, 0.25) is 0 Å². The number of carbonyl (C=O) groups is 3. The quantitative estimate of drug-likeness (QED) is 0.0722. The summed E-state index contributed by atoms with van der Waals surface area (Å²) in [5.41, 5.74) is 7.10. The van der Waals surface area contributed by atoms with Gasteiger partial charge in [0, 0.05) is 50.4 Å². The monoisotopic (exact) mass is 911 g/mol. The zero-order chi connectivity index (χ0) is 47.9. The summed E-state index contributed by atoms with van der Waals surface area (Å²) >= 11 is 0. The largest absolute Gasteiger partial charge is 0.497 e. The number of hydrogen-bond donors (Lipinski definition) is 6. The molecule has 9 rings (SSSR count). The fourth-order valence-electron chi connectivity index (χ4n) is 6.05. The summed E-state index contributed by atoms with van der Waals surface area (Å²) in [4.78, 5) is 36.6. The van der Waals surface area contributed by atoms with Gasteiger partial charge in [-0.25, -0.2) is 0 Å². The topological polar surface area (TPSA) is 269 Å². The van der Waals surface area contributed by atoms with E-state index in [1.807, 2.05) is 76.2 Å². The van der Waals surface area contributed by atoms with E-state index in [0.29, 0.717) is 45.5 Å². The molecule has 6 N–H and O–H groups in total. The number of amides is 3. The molecular weight excluding hydrogens is 867 g/mol. The molecule has 0 spiro atoms. The molecule has 342 valence electrons. The molecule has 9 aromatic rings. The van der Waals surface area contributed by atoms with E-state index in [-0.39, 0.29) is 23.3 Å². The van der Waals surface area contributed by atoms with Gasteiger partial charge in [0.05, 0.1) is 7.11 Å². The second-order valence-corrected chi connectivity index (χ2v) is 15.6. The Balaban J connectivity index is 0.000000152.